The maximum atomic E-state index is 12.9. The van der Waals surface area contributed by atoms with Gasteiger partial charge in [0.1, 0.15) is 6.07 Å². The quantitative estimate of drug-likeness (QED) is 0.643. The van der Waals surface area contributed by atoms with Crippen LogP contribution in [0.2, 0.25) is 0 Å². The summed E-state index contributed by atoms with van der Waals surface area (Å²) < 4.78 is 11.2. The minimum absolute atomic E-state index is 0.0331. The Morgan fingerprint density at radius 2 is 1.94 bits per heavy atom. The van der Waals surface area contributed by atoms with E-state index >= 15 is 0 Å². The predicted octanol–water partition coefficient (Wildman–Crippen LogP) is 4.96. The van der Waals surface area contributed by atoms with Crippen molar-refractivity contribution in [1.29, 1.82) is 5.26 Å². The van der Waals surface area contributed by atoms with Gasteiger partial charge < -0.3 is 19.1 Å². The molecule has 1 amide bonds. The molecule has 0 saturated carbocycles. The maximum absolute atomic E-state index is 12.9. The SMILES string of the molecule is CC(C)(C)c1ccccc1NC(=O)C1CCN(c2oc(-c3ccco3)nc2C#N)CC1. The van der Waals surface area contributed by atoms with Gasteiger partial charge in [-0.3, -0.25) is 4.79 Å². The van der Waals surface area contributed by atoms with Crippen molar-refractivity contribution in [2.75, 3.05) is 23.3 Å². The first-order valence-corrected chi connectivity index (χ1v) is 10.5. The second-order valence-corrected chi connectivity index (χ2v) is 8.81. The van der Waals surface area contributed by atoms with Crippen molar-refractivity contribution in [2.24, 2.45) is 5.92 Å². The summed E-state index contributed by atoms with van der Waals surface area (Å²) in [6.07, 6.45) is 2.88. The molecule has 1 N–H and O–H groups in total. The maximum Gasteiger partial charge on any atom is 0.266 e. The summed E-state index contributed by atoms with van der Waals surface area (Å²) in [7, 11) is 0. The van der Waals surface area contributed by atoms with E-state index in [9.17, 15) is 10.1 Å². The van der Waals surface area contributed by atoms with Crippen molar-refractivity contribution in [3.05, 3.63) is 53.9 Å². The smallest absolute Gasteiger partial charge is 0.266 e. The molecule has 0 bridgehead atoms. The highest BCUT2D eigenvalue weighted by Crippen LogP contribution is 2.33. The molecule has 4 rings (SSSR count). The summed E-state index contributed by atoms with van der Waals surface area (Å²) in [4.78, 5) is 19.2. The van der Waals surface area contributed by atoms with Crippen LogP contribution in [0, 0.1) is 17.2 Å². The molecule has 1 aliphatic rings. The lowest BCUT2D eigenvalue weighted by Crippen LogP contribution is -2.38. The van der Waals surface area contributed by atoms with Crippen molar-refractivity contribution < 1.29 is 13.6 Å². The highest BCUT2D eigenvalue weighted by molar-refractivity contribution is 5.93. The Morgan fingerprint density at radius 3 is 2.58 bits per heavy atom. The lowest BCUT2D eigenvalue weighted by atomic mass is 9.85. The van der Waals surface area contributed by atoms with Gasteiger partial charge in [-0.15, -0.1) is 0 Å². The Kier molecular flexibility index (Phi) is 5.55. The van der Waals surface area contributed by atoms with E-state index in [2.05, 4.69) is 43.2 Å². The predicted molar refractivity (Wildman–Crippen MR) is 118 cm³/mol. The second-order valence-electron chi connectivity index (χ2n) is 8.81. The number of nitrogens with zero attached hydrogens (tertiary/aromatic N) is 3. The molecule has 0 spiro atoms. The second kappa shape index (κ2) is 8.31. The van der Waals surface area contributed by atoms with Gasteiger partial charge >= 0.3 is 0 Å². The van der Waals surface area contributed by atoms with Gasteiger partial charge in [0, 0.05) is 24.7 Å². The van der Waals surface area contributed by atoms with Gasteiger partial charge in [0.05, 0.1) is 6.26 Å². The van der Waals surface area contributed by atoms with Crippen molar-refractivity contribution >= 4 is 17.5 Å². The first-order valence-electron chi connectivity index (χ1n) is 10.5. The number of hydrogen-bond donors (Lipinski definition) is 1. The zero-order valence-corrected chi connectivity index (χ0v) is 18.0. The Hall–Kier alpha value is -3.53. The third kappa shape index (κ3) is 4.33. The number of nitriles is 1. The number of rotatable bonds is 4. The monoisotopic (exact) mass is 418 g/mol. The van der Waals surface area contributed by atoms with Crippen LogP contribution in [0.5, 0.6) is 0 Å². The highest BCUT2D eigenvalue weighted by atomic mass is 16.4. The molecule has 7 nitrogen and oxygen atoms in total. The van der Waals surface area contributed by atoms with Gasteiger partial charge in [-0.2, -0.15) is 10.2 Å². The van der Waals surface area contributed by atoms with Crippen LogP contribution >= 0.6 is 0 Å². The number of carbonyl (C=O) groups is 1. The van der Waals surface area contributed by atoms with Crippen LogP contribution in [-0.2, 0) is 10.2 Å². The van der Waals surface area contributed by atoms with E-state index in [1.54, 1.807) is 12.1 Å². The third-order valence-electron chi connectivity index (χ3n) is 5.59. The Bertz CT molecular complexity index is 1090. The molecule has 3 aromatic rings. The number of benzene rings is 1. The number of hydrogen-bond acceptors (Lipinski definition) is 6. The normalized spacial score (nSPS) is 15.0. The molecular weight excluding hydrogens is 392 g/mol. The zero-order valence-electron chi connectivity index (χ0n) is 18.0. The van der Waals surface area contributed by atoms with Gasteiger partial charge in [-0.05, 0) is 42.0 Å². The molecule has 1 fully saturated rings. The van der Waals surface area contributed by atoms with Crippen molar-refractivity contribution in [1.82, 2.24) is 4.98 Å². The van der Waals surface area contributed by atoms with E-state index in [1.165, 1.54) is 6.26 Å². The average molecular weight is 418 g/mol. The van der Waals surface area contributed by atoms with Crippen LogP contribution in [0.3, 0.4) is 0 Å². The molecule has 0 radical (unpaired) electrons. The number of amides is 1. The Morgan fingerprint density at radius 1 is 1.19 bits per heavy atom. The van der Waals surface area contributed by atoms with Gasteiger partial charge in [-0.25, -0.2) is 0 Å². The number of para-hydroxylation sites is 1. The molecule has 160 valence electrons. The van der Waals surface area contributed by atoms with Gasteiger partial charge in [0.15, 0.2) is 5.76 Å². The summed E-state index contributed by atoms with van der Waals surface area (Å²) in [5.74, 6) is 1.14. The Balaban J connectivity index is 1.43. The molecule has 3 heterocycles. The largest absolute Gasteiger partial charge is 0.459 e. The summed E-state index contributed by atoms with van der Waals surface area (Å²) in [5.41, 5.74) is 2.16. The molecular formula is C24H26N4O3. The van der Waals surface area contributed by atoms with Crippen LogP contribution < -0.4 is 10.2 Å². The molecule has 7 heteroatoms. The average Bonchev–Trinajstić information content (AvgIpc) is 3.43. The molecule has 1 saturated heterocycles. The van der Waals surface area contributed by atoms with Crippen molar-refractivity contribution in [3.8, 4) is 17.7 Å². The number of aromatic nitrogens is 1. The number of carbonyl (C=O) groups excluding carboxylic acids is 1. The standard InChI is InChI=1S/C24H26N4O3/c1-24(2,3)17-7-4-5-8-18(17)26-21(29)16-10-12-28(13-11-16)23-19(15-25)27-22(31-23)20-9-6-14-30-20/h4-9,14,16H,10-13H2,1-3H3,(H,26,29). The number of oxazole rings is 1. The molecule has 0 unspecified atom stereocenters. The van der Waals surface area contributed by atoms with E-state index in [0.717, 1.165) is 11.3 Å². The Labute approximate surface area is 181 Å². The number of furan rings is 1. The zero-order chi connectivity index (χ0) is 22.0. The van der Waals surface area contributed by atoms with Crippen LogP contribution in [0.25, 0.3) is 11.7 Å². The number of nitrogens with one attached hydrogen (secondary N) is 1. The molecule has 0 aliphatic carbocycles. The fraction of sp³-hybridized carbons (Fsp3) is 0.375. The van der Waals surface area contributed by atoms with Gasteiger partial charge in [-0.1, -0.05) is 39.0 Å². The summed E-state index contributed by atoms with van der Waals surface area (Å²) in [6.45, 7) is 7.63. The van der Waals surface area contributed by atoms with Crippen LogP contribution in [0.1, 0.15) is 44.9 Å². The lowest BCUT2D eigenvalue weighted by molar-refractivity contribution is -0.120. The van der Waals surface area contributed by atoms with E-state index in [1.807, 2.05) is 23.1 Å². The fourth-order valence-corrected chi connectivity index (χ4v) is 3.93. The van der Waals surface area contributed by atoms with Crippen LogP contribution in [-0.4, -0.2) is 24.0 Å². The molecule has 1 aliphatic heterocycles. The minimum Gasteiger partial charge on any atom is -0.459 e. The first-order chi connectivity index (χ1) is 14.9. The van der Waals surface area contributed by atoms with Crippen molar-refractivity contribution in [2.45, 2.75) is 39.0 Å². The van der Waals surface area contributed by atoms with Crippen molar-refractivity contribution in [3.63, 3.8) is 0 Å². The van der Waals surface area contributed by atoms with E-state index in [-0.39, 0.29) is 28.8 Å². The van der Waals surface area contributed by atoms with E-state index in [4.69, 9.17) is 8.83 Å². The summed E-state index contributed by atoms with van der Waals surface area (Å²) in [6, 6.07) is 13.5. The van der Waals surface area contributed by atoms with Gasteiger partial charge in [0.25, 0.3) is 5.89 Å². The number of anilines is 2. The van der Waals surface area contributed by atoms with E-state index < -0.39 is 0 Å². The van der Waals surface area contributed by atoms with Crippen LogP contribution in [0.4, 0.5) is 11.6 Å². The molecule has 31 heavy (non-hydrogen) atoms. The first kappa shape index (κ1) is 20.7. The molecule has 2 aromatic heterocycles. The van der Waals surface area contributed by atoms with Gasteiger partial charge in [0.2, 0.25) is 17.5 Å². The summed E-state index contributed by atoms with van der Waals surface area (Å²) in [5, 5.41) is 12.6. The topological polar surface area (TPSA) is 95.3 Å². The molecule has 0 atom stereocenters. The molecule has 1 aromatic carbocycles. The number of piperidine rings is 1. The van der Waals surface area contributed by atoms with Crippen LogP contribution in [0.15, 0.2) is 51.5 Å². The fourth-order valence-electron chi connectivity index (χ4n) is 3.93. The van der Waals surface area contributed by atoms with E-state index in [0.29, 0.717) is 37.6 Å². The highest BCUT2D eigenvalue weighted by Gasteiger charge is 2.30. The lowest BCUT2D eigenvalue weighted by Gasteiger charge is -2.31. The third-order valence-corrected chi connectivity index (χ3v) is 5.59. The minimum atomic E-state index is -0.0951. The summed E-state index contributed by atoms with van der Waals surface area (Å²) >= 11 is 0.